The number of carbonyl (C=O) groups is 1. The van der Waals surface area contributed by atoms with Crippen molar-refractivity contribution in [1.82, 2.24) is 10.2 Å². The number of rotatable bonds is 2. The van der Waals surface area contributed by atoms with Gasteiger partial charge in [0.15, 0.2) is 0 Å². The number of nitrogens with zero attached hydrogens (tertiary/aromatic N) is 1. The van der Waals surface area contributed by atoms with Crippen LogP contribution in [0.4, 0.5) is 9.18 Å². The second-order valence-electron chi connectivity index (χ2n) is 4.97. The fourth-order valence-electron chi connectivity index (χ4n) is 2.14. The lowest BCUT2D eigenvalue weighted by atomic mass is 10.1. The molecule has 0 saturated carbocycles. The molecule has 110 valence electrons. The molecule has 6 heteroatoms. The smallest absolute Gasteiger partial charge is 0.318 e. The Balaban J connectivity index is 1.97. The van der Waals surface area contributed by atoms with E-state index in [0.29, 0.717) is 19.7 Å². The van der Waals surface area contributed by atoms with Crippen molar-refractivity contribution in [3.8, 4) is 0 Å². The first-order valence-corrected chi connectivity index (χ1v) is 6.97. The molecule has 1 N–H and O–H groups in total. The van der Waals surface area contributed by atoms with Crippen LogP contribution in [0.15, 0.2) is 18.2 Å². The van der Waals surface area contributed by atoms with Crippen molar-refractivity contribution >= 4 is 17.6 Å². The number of hydrogen-bond acceptors (Lipinski definition) is 2. The largest absolute Gasteiger partial charge is 0.375 e. The van der Waals surface area contributed by atoms with Crippen LogP contribution in [0.2, 0.25) is 5.02 Å². The zero-order valence-corrected chi connectivity index (χ0v) is 12.3. The van der Waals surface area contributed by atoms with Gasteiger partial charge in [0.1, 0.15) is 5.82 Å². The maximum Gasteiger partial charge on any atom is 0.318 e. The van der Waals surface area contributed by atoms with Gasteiger partial charge in [-0.1, -0.05) is 17.7 Å². The lowest BCUT2D eigenvalue weighted by Gasteiger charge is -2.32. The van der Waals surface area contributed by atoms with E-state index < -0.39 is 5.82 Å². The van der Waals surface area contributed by atoms with E-state index >= 15 is 0 Å². The van der Waals surface area contributed by atoms with Crippen molar-refractivity contribution in [1.29, 1.82) is 0 Å². The van der Waals surface area contributed by atoms with Crippen LogP contribution >= 0.6 is 11.6 Å². The van der Waals surface area contributed by atoms with E-state index in [1.54, 1.807) is 11.0 Å². The van der Waals surface area contributed by atoms with Gasteiger partial charge in [0, 0.05) is 13.1 Å². The van der Waals surface area contributed by atoms with Crippen LogP contribution in [0.1, 0.15) is 25.5 Å². The number of hydrogen-bond donors (Lipinski definition) is 1. The third-order valence-electron chi connectivity index (χ3n) is 3.31. The van der Waals surface area contributed by atoms with E-state index in [9.17, 15) is 9.18 Å². The van der Waals surface area contributed by atoms with Gasteiger partial charge in [-0.3, -0.25) is 0 Å². The highest BCUT2D eigenvalue weighted by Crippen LogP contribution is 2.21. The van der Waals surface area contributed by atoms with E-state index in [-0.39, 0.29) is 23.2 Å². The summed E-state index contributed by atoms with van der Waals surface area (Å²) in [5.74, 6) is -0.462. The minimum Gasteiger partial charge on any atom is -0.375 e. The predicted octanol–water partition coefficient (Wildman–Crippen LogP) is 2.97. The SMILES string of the molecule is C[C@@H]1CN(C(=O)N[C@@H](C)c2ccc(F)c(Cl)c2)CCO1. The first-order chi connectivity index (χ1) is 9.47. The minimum atomic E-state index is -0.462. The van der Waals surface area contributed by atoms with Crippen LogP contribution in [0.25, 0.3) is 0 Å². The summed E-state index contributed by atoms with van der Waals surface area (Å²) in [5, 5.41) is 2.94. The second-order valence-corrected chi connectivity index (χ2v) is 5.38. The van der Waals surface area contributed by atoms with Gasteiger partial charge in [-0.15, -0.1) is 0 Å². The Morgan fingerprint density at radius 2 is 2.35 bits per heavy atom. The lowest BCUT2D eigenvalue weighted by molar-refractivity contribution is -0.00380. The molecule has 1 heterocycles. The summed E-state index contributed by atoms with van der Waals surface area (Å²) in [4.78, 5) is 13.8. The van der Waals surface area contributed by atoms with Gasteiger partial charge in [-0.2, -0.15) is 0 Å². The van der Waals surface area contributed by atoms with Crippen LogP contribution in [0.5, 0.6) is 0 Å². The van der Waals surface area contributed by atoms with Crippen molar-refractivity contribution in [2.75, 3.05) is 19.7 Å². The Labute approximate surface area is 122 Å². The predicted molar refractivity (Wildman–Crippen MR) is 75.3 cm³/mol. The first kappa shape index (κ1) is 15.1. The van der Waals surface area contributed by atoms with Crippen molar-refractivity contribution in [3.05, 3.63) is 34.6 Å². The van der Waals surface area contributed by atoms with Gasteiger partial charge in [0.05, 0.1) is 23.8 Å². The Hall–Kier alpha value is -1.33. The summed E-state index contributed by atoms with van der Waals surface area (Å²) in [6.07, 6.45) is 0.0464. The van der Waals surface area contributed by atoms with E-state index in [1.807, 2.05) is 13.8 Å². The molecule has 2 amide bonds. The fourth-order valence-corrected chi connectivity index (χ4v) is 2.33. The fraction of sp³-hybridized carbons (Fsp3) is 0.500. The molecule has 0 radical (unpaired) electrons. The lowest BCUT2D eigenvalue weighted by Crippen LogP contribution is -2.49. The van der Waals surface area contributed by atoms with Crippen molar-refractivity contribution < 1.29 is 13.9 Å². The standard InChI is InChI=1S/C14H18ClFN2O2/c1-9-8-18(5-6-20-9)14(19)17-10(2)11-3-4-13(16)12(15)7-11/h3-4,7,9-10H,5-6,8H2,1-2H3,(H,17,19)/t9-,10+/m1/s1. The van der Waals surface area contributed by atoms with Crippen LogP contribution in [0, 0.1) is 5.82 Å². The van der Waals surface area contributed by atoms with Crippen LogP contribution < -0.4 is 5.32 Å². The summed E-state index contributed by atoms with van der Waals surface area (Å²) in [5.41, 5.74) is 0.769. The molecule has 0 aromatic heterocycles. The van der Waals surface area contributed by atoms with Gasteiger partial charge in [0.2, 0.25) is 0 Å². The number of halogens is 2. The molecule has 1 aromatic rings. The summed E-state index contributed by atoms with van der Waals surface area (Å²) < 4.78 is 18.5. The minimum absolute atomic E-state index is 0.0464. The highest BCUT2D eigenvalue weighted by molar-refractivity contribution is 6.30. The maximum atomic E-state index is 13.1. The molecule has 2 atom stereocenters. The Morgan fingerprint density at radius 1 is 1.60 bits per heavy atom. The molecule has 4 nitrogen and oxygen atoms in total. The number of benzene rings is 1. The summed E-state index contributed by atoms with van der Waals surface area (Å²) in [7, 11) is 0. The maximum absolute atomic E-state index is 13.1. The molecule has 1 aliphatic rings. The molecular formula is C14H18ClFN2O2. The number of carbonyl (C=O) groups excluding carboxylic acids is 1. The molecule has 20 heavy (non-hydrogen) atoms. The highest BCUT2D eigenvalue weighted by atomic mass is 35.5. The summed E-state index contributed by atoms with van der Waals surface area (Å²) in [6, 6.07) is 4.07. The van der Waals surface area contributed by atoms with Crippen molar-refractivity contribution in [2.45, 2.75) is 26.0 Å². The van der Waals surface area contributed by atoms with Crippen LogP contribution in [0.3, 0.4) is 0 Å². The molecule has 2 rings (SSSR count). The quantitative estimate of drug-likeness (QED) is 0.912. The monoisotopic (exact) mass is 300 g/mol. The molecular weight excluding hydrogens is 283 g/mol. The van der Waals surface area contributed by atoms with E-state index in [0.717, 1.165) is 5.56 Å². The third-order valence-corrected chi connectivity index (χ3v) is 3.60. The second kappa shape index (κ2) is 6.41. The van der Waals surface area contributed by atoms with Gasteiger partial charge < -0.3 is 15.0 Å². The Bertz CT molecular complexity index is 498. The molecule has 1 fully saturated rings. The molecule has 0 spiro atoms. The zero-order chi connectivity index (χ0) is 14.7. The molecule has 0 bridgehead atoms. The molecule has 1 aromatic carbocycles. The number of morpholine rings is 1. The highest BCUT2D eigenvalue weighted by Gasteiger charge is 2.22. The summed E-state index contributed by atoms with van der Waals surface area (Å²) >= 11 is 5.75. The number of urea groups is 1. The third kappa shape index (κ3) is 3.61. The molecule has 1 saturated heterocycles. The molecule has 1 aliphatic heterocycles. The Kier molecular flexibility index (Phi) is 4.83. The summed E-state index contributed by atoms with van der Waals surface area (Å²) in [6.45, 7) is 5.47. The van der Waals surface area contributed by atoms with Gasteiger partial charge in [0.25, 0.3) is 0 Å². The van der Waals surface area contributed by atoms with Gasteiger partial charge >= 0.3 is 6.03 Å². The first-order valence-electron chi connectivity index (χ1n) is 6.59. The zero-order valence-electron chi connectivity index (χ0n) is 11.5. The van der Waals surface area contributed by atoms with Crippen molar-refractivity contribution in [2.24, 2.45) is 0 Å². The van der Waals surface area contributed by atoms with E-state index in [4.69, 9.17) is 16.3 Å². The van der Waals surface area contributed by atoms with Gasteiger partial charge in [-0.05, 0) is 31.5 Å². The average molecular weight is 301 g/mol. The number of amides is 2. The van der Waals surface area contributed by atoms with Crippen LogP contribution in [-0.2, 0) is 4.74 Å². The van der Waals surface area contributed by atoms with E-state index in [1.165, 1.54) is 12.1 Å². The van der Waals surface area contributed by atoms with Crippen molar-refractivity contribution in [3.63, 3.8) is 0 Å². The average Bonchev–Trinajstić information content (AvgIpc) is 2.41. The number of nitrogens with one attached hydrogen (secondary N) is 1. The Morgan fingerprint density at radius 3 is 3.00 bits per heavy atom. The van der Waals surface area contributed by atoms with Crippen LogP contribution in [-0.4, -0.2) is 36.7 Å². The normalized spacial score (nSPS) is 20.6. The molecule has 0 unspecified atom stereocenters. The van der Waals surface area contributed by atoms with Gasteiger partial charge in [-0.25, -0.2) is 9.18 Å². The topological polar surface area (TPSA) is 41.6 Å². The number of ether oxygens (including phenoxy) is 1. The molecule has 0 aliphatic carbocycles. The van der Waals surface area contributed by atoms with E-state index in [2.05, 4.69) is 5.32 Å².